The number of ketones is 1. The number of benzene rings is 3. The minimum Gasteiger partial charge on any atom is -0.419 e. The standard InChI is InChI=1S/C20H13FO3/c21-17-13-7-12-16(18(22)14-8-3-1-4-9-14)19(17)24-20(23)15-10-5-2-6-11-15/h1-13H. The fraction of sp³-hybridized carbons (Fsp3) is 0. The molecule has 0 atom stereocenters. The third-order valence-electron chi connectivity index (χ3n) is 3.45. The average molecular weight is 320 g/mol. The second kappa shape index (κ2) is 6.87. The van der Waals surface area contributed by atoms with Crippen molar-refractivity contribution in [3.8, 4) is 5.75 Å². The van der Waals surface area contributed by atoms with Gasteiger partial charge in [-0.15, -0.1) is 0 Å². The van der Waals surface area contributed by atoms with Gasteiger partial charge in [-0.1, -0.05) is 54.6 Å². The third-order valence-corrected chi connectivity index (χ3v) is 3.45. The topological polar surface area (TPSA) is 43.4 Å². The van der Waals surface area contributed by atoms with Crippen molar-refractivity contribution in [1.82, 2.24) is 0 Å². The maximum atomic E-state index is 14.2. The fourth-order valence-electron chi connectivity index (χ4n) is 2.26. The van der Waals surface area contributed by atoms with Gasteiger partial charge in [0.15, 0.2) is 17.3 Å². The van der Waals surface area contributed by atoms with Crippen LogP contribution in [0.3, 0.4) is 0 Å². The molecule has 4 heteroatoms. The van der Waals surface area contributed by atoms with E-state index in [-0.39, 0.29) is 16.9 Å². The number of hydrogen-bond donors (Lipinski definition) is 0. The summed E-state index contributed by atoms with van der Waals surface area (Å²) in [4.78, 5) is 24.8. The van der Waals surface area contributed by atoms with Gasteiger partial charge in [0.1, 0.15) is 0 Å². The number of hydrogen-bond acceptors (Lipinski definition) is 3. The van der Waals surface area contributed by atoms with E-state index in [0.29, 0.717) is 5.56 Å². The first kappa shape index (κ1) is 15.6. The number of esters is 1. The molecule has 0 aliphatic rings. The van der Waals surface area contributed by atoms with E-state index >= 15 is 0 Å². The molecular weight excluding hydrogens is 307 g/mol. The van der Waals surface area contributed by atoms with E-state index in [1.807, 2.05) is 0 Å². The molecule has 0 aromatic heterocycles. The summed E-state index contributed by atoms with van der Waals surface area (Å²) in [6.07, 6.45) is 0. The van der Waals surface area contributed by atoms with Gasteiger partial charge in [0.25, 0.3) is 0 Å². The molecule has 0 aliphatic carbocycles. The lowest BCUT2D eigenvalue weighted by Crippen LogP contribution is -2.13. The van der Waals surface area contributed by atoms with Crippen LogP contribution >= 0.6 is 0 Å². The van der Waals surface area contributed by atoms with Gasteiger partial charge in [0.2, 0.25) is 0 Å². The van der Waals surface area contributed by atoms with Crippen LogP contribution in [0.25, 0.3) is 0 Å². The summed E-state index contributed by atoms with van der Waals surface area (Å²) in [5.41, 5.74) is 0.671. The van der Waals surface area contributed by atoms with Gasteiger partial charge in [-0.05, 0) is 24.3 Å². The van der Waals surface area contributed by atoms with E-state index in [0.717, 1.165) is 6.07 Å². The zero-order valence-corrected chi connectivity index (χ0v) is 12.6. The average Bonchev–Trinajstić information content (AvgIpc) is 2.64. The van der Waals surface area contributed by atoms with Gasteiger partial charge in [-0.2, -0.15) is 0 Å². The number of rotatable bonds is 4. The maximum Gasteiger partial charge on any atom is 0.343 e. The van der Waals surface area contributed by atoms with E-state index < -0.39 is 17.6 Å². The van der Waals surface area contributed by atoms with Crippen LogP contribution in [0.15, 0.2) is 78.9 Å². The summed E-state index contributed by atoms with van der Waals surface area (Å²) >= 11 is 0. The normalized spacial score (nSPS) is 10.2. The zero-order valence-electron chi connectivity index (χ0n) is 12.6. The van der Waals surface area contributed by atoms with Gasteiger partial charge in [-0.25, -0.2) is 9.18 Å². The predicted octanol–water partition coefficient (Wildman–Crippen LogP) is 4.28. The van der Waals surface area contributed by atoms with E-state index in [1.165, 1.54) is 12.1 Å². The van der Waals surface area contributed by atoms with Crippen LogP contribution in [-0.2, 0) is 0 Å². The summed E-state index contributed by atoms with van der Waals surface area (Å²) in [5.74, 6) is -2.25. The smallest absolute Gasteiger partial charge is 0.343 e. The van der Waals surface area contributed by atoms with Gasteiger partial charge in [0.05, 0.1) is 11.1 Å². The van der Waals surface area contributed by atoms with E-state index in [4.69, 9.17) is 4.74 Å². The van der Waals surface area contributed by atoms with Crippen LogP contribution in [0.1, 0.15) is 26.3 Å². The summed E-state index contributed by atoms with van der Waals surface area (Å²) < 4.78 is 19.3. The molecule has 0 saturated carbocycles. The first-order valence-corrected chi connectivity index (χ1v) is 7.32. The quantitative estimate of drug-likeness (QED) is 0.409. The Kier molecular flexibility index (Phi) is 4.47. The Morgan fingerprint density at radius 1 is 0.708 bits per heavy atom. The molecule has 118 valence electrons. The Morgan fingerprint density at radius 3 is 1.92 bits per heavy atom. The first-order valence-electron chi connectivity index (χ1n) is 7.32. The Labute approximate surface area is 138 Å². The van der Waals surface area contributed by atoms with Crippen molar-refractivity contribution in [2.24, 2.45) is 0 Å². The van der Waals surface area contributed by atoms with Crippen LogP contribution < -0.4 is 4.74 Å². The number of halogens is 1. The Hall–Kier alpha value is -3.27. The molecule has 0 amide bonds. The molecule has 0 bridgehead atoms. The summed E-state index contributed by atoms with van der Waals surface area (Å²) in [7, 11) is 0. The highest BCUT2D eigenvalue weighted by Gasteiger charge is 2.21. The van der Waals surface area contributed by atoms with Crippen molar-refractivity contribution >= 4 is 11.8 Å². The Bertz CT molecular complexity index is 874. The molecule has 3 aromatic carbocycles. The van der Waals surface area contributed by atoms with Crippen molar-refractivity contribution in [1.29, 1.82) is 0 Å². The molecule has 3 rings (SSSR count). The molecule has 0 unspecified atom stereocenters. The molecule has 3 nitrogen and oxygen atoms in total. The predicted molar refractivity (Wildman–Crippen MR) is 87.7 cm³/mol. The molecule has 0 heterocycles. The van der Waals surface area contributed by atoms with Crippen LogP contribution in [-0.4, -0.2) is 11.8 Å². The molecule has 0 saturated heterocycles. The Morgan fingerprint density at radius 2 is 1.29 bits per heavy atom. The van der Waals surface area contributed by atoms with Gasteiger partial charge >= 0.3 is 5.97 Å². The molecule has 24 heavy (non-hydrogen) atoms. The van der Waals surface area contributed by atoms with Crippen LogP contribution in [0.4, 0.5) is 4.39 Å². The van der Waals surface area contributed by atoms with Crippen molar-refractivity contribution < 1.29 is 18.7 Å². The lowest BCUT2D eigenvalue weighted by atomic mass is 10.0. The highest BCUT2D eigenvalue weighted by molar-refractivity contribution is 6.11. The minimum atomic E-state index is -0.763. The minimum absolute atomic E-state index is 0.00508. The number of carbonyl (C=O) groups excluding carboxylic acids is 2. The van der Waals surface area contributed by atoms with Crippen molar-refractivity contribution in [3.05, 3.63) is 101 Å². The highest BCUT2D eigenvalue weighted by atomic mass is 19.1. The summed E-state index contributed by atoms with van der Waals surface area (Å²) in [6.45, 7) is 0. The molecule has 0 radical (unpaired) electrons. The van der Waals surface area contributed by atoms with Crippen molar-refractivity contribution in [2.45, 2.75) is 0 Å². The molecule has 0 fully saturated rings. The summed E-state index contributed by atoms with van der Waals surface area (Å²) in [6, 6.07) is 20.7. The number of carbonyl (C=O) groups is 2. The monoisotopic (exact) mass is 320 g/mol. The SMILES string of the molecule is O=C(Oc1c(F)cccc1C(=O)c1ccccc1)c1ccccc1. The molecular formula is C20H13FO3. The molecule has 0 spiro atoms. The van der Waals surface area contributed by atoms with Gasteiger partial charge in [-0.3, -0.25) is 4.79 Å². The van der Waals surface area contributed by atoms with E-state index in [9.17, 15) is 14.0 Å². The lowest BCUT2D eigenvalue weighted by molar-refractivity contribution is 0.0726. The van der Waals surface area contributed by atoms with Crippen LogP contribution in [0.2, 0.25) is 0 Å². The number of ether oxygens (including phenoxy) is 1. The van der Waals surface area contributed by atoms with Crippen molar-refractivity contribution in [2.75, 3.05) is 0 Å². The Balaban J connectivity index is 1.97. The highest BCUT2D eigenvalue weighted by Crippen LogP contribution is 2.26. The molecule has 3 aromatic rings. The van der Waals surface area contributed by atoms with E-state index in [2.05, 4.69) is 0 Å². The second-order valence-corrected chi connectivity index (χ2v) is 5.07. The third kappa shape index (κ3) is 3.22. The van der Waals surface area contributed by atoms with Crippen molar-refractivity contribution in [3.63, 3.8) is 0 Å². The maximum absolute atomic E-state index is 14.2. The first-order chi connectivity index (χ1) is 11.7. The van der Waals surface area contributed by atoms with Crippen LogP contribution in [0.5, 0.6) is 5.75 Å². The van der Waals surface area contributed by atoms with E-state index in [1.54, 1.807) is 60.7 Å². The largest absolute Gasteiger partial charge is 0.419 e. The molecule has 0 aliphatic heterocycles. The fourth-order valence-corrected chi connectivity index (χ4v) is 2.26. The zero-order chi connectivity index (χ0) is 16.9. The molecule has 0 N–H and O–H groups in total. The lowest BCUT2D eigenvalue weighted by Gasteiger charge is -2.10. The van der Waals surface area contributed by atoms with Gasteiger partial charge in [0, 0.05) is 5.56 Å². The number of para-hydroxylation sites is 1. The van der Waals surface area contributed by atoms with Gasteiger partial charge < -0.3 is 4.74 Å². The van der Waals surface area contributed by atoms with Crippen LogP contribution in [0, 0.1) is 5.82 Å². The summed E-state index contributed by atoms with van der Waals surface area (Å²) in [5, 5.41) is 0. The second-order valence-electron chi connectivity index (χ2n) is 5.07.